The first-order valence-electron chi connectivity index (χ1n) is 4.84. The molecule has 1 atom stereocenters. The number of hydrogen-bond donors (Lipinski definition) is 0. The van der Waals surface area contributed by atoms with Gasteiger partial charge in [-0.05, 0) is 19.3 Å². The monoisotopic (exact) mass is 197 g/mol. The Labute approximate surface area is 82.8 Å². The topological polar surface area (TPSA) is 29.0 Å². The van der Waals surface area contributed by atoms with Crippen molar-refractivity contribution in [1.29, 1.82) is 0 Å². The van der Waals surface area contributed by atoms with Crippen LogP contribution in [0.5, 0.6) is 0 Å². The molecule has 1 aliphatic rings. The fourth-order valence-corrected chi connectivity index (χ4v) is 2.48. The summed E-state index contributed by atoms with van der Waals surface area (Å²) in [6.45, 7) is 6.60. The van der Waals surface area contributed by atoms with Crippen molar-refractivity contribution in [2.75, 3.05) is 18.0 Å². The first-order valence-corrected chi connectivity index (χ1v) is 5.66. The number of aromatic nitrogens is 2. The third-order valence-electron chi connectivity index (χ3n) is 2.65. The van der Waals surface area contributed by atoms with Crippen LogP contribution >= 0.6 is 11.3 Å². The minimum absolute atomic E-state index is 0.865. The van der Waals surface area contributed by atoms with Crippen molar-refractivity contribution in [3.63, 3.8) is 0 Å². The molecule has 0 amide bonds. The van der Waals surface area contributed by atoms with Crippen LogP contribution in [0.15, 0.2) is 0 Å². The van der Waals surface area contributed by atoms with E-state index in [1.165, 1.54) is 19.4 Å². The molecule has 1 aromatic rings. The largest absolute Gasteiger partial charge is 0.346 e. The van der Waals surface area contributed by atoms with Gasteiger partial charge in [0.1, 0.15) is 5.01 Å². The van der Waals surface area contributed by atoms with E-state index in [0.717, 1.165) is 22.6 Å². The molecule has 4 heteroatoms. The molecule has 13 heavy (non-hydrogen) atoms. The highest BCUT2D eigenvalue weighted by atomic mass is 32.1. The molecular weight excluding hydrogens is 182 g/mol. The quantitative estimate of drug-likeness (QED) is 0.727. The molecule has 1 aliphatic heterocycles. The van der Waals surface area contributed by atoms with Crippen molar-refractivity contribution < 1.29 is 0 Å². The molecule has 1 fully saturated rings. The summed E-state index contributed by atoms with van der Waals surface area (Å²) in [5, 5.41) is 10.4. The lowest BCUT2D eigenvalue weighted by atomic mass is 10.1. The van der Waals surface area contributed by atoms with E-state index in [1.54, 1.807) is 11.3 Å². The average Bonchev–Trinajstić information content (AvgIpc) is 2.71. The maximum atomic E-state index is 4.16. The van der Waals surface area contributed by atoms with Crippen LogP contribution in [0.3, 0.4) is 0 Å². The van der Waals surface area contributed by atoms with Crippen LogP contribution in [-0.4, -0.2) is 23.3 Å². The molecule has 2 rings (SSSR count). The highest BCUT2D eigenvalue weighted by Crippen LogP contribution is 2.27. The summed E-state index contributed by atoms with van der Waals surface area (Å²) in [6.07, 6.45) is 2.60. The van der Waals surface area contributed by atoms with Gasteiger partial charge in [0, 0.05) is 13.1 Å². The van der Waals surface area contributed by atoms with Crippen molar-refractivity contribution >= 4 is 16.5 Å². The van der Waals surface area contributed by atoms with Crippen LogP contribution in [-0.2, 0) is 0 Å². The summed E-state index contributed by atoms with van der Waals surface area (Å²) in [6, 6.07) is 0. The summed E-state index contributed by atoms with van der Waals surface area (Å²) in [5.74, 6) is 0.865. The molecule has 1 aromatic heterocycles. The van der Waals surface area contributed by atoms with Crippen molar-refractivity contribution in [1.82, 2.24) is 10.2 Å². The first kappa shape index (κ1) is 8.94. The van der Waals surface area contributed by atoms with Gasteiger partial charge in [0.25, 0.3) is 0 Å². The summed E-state index contributed by atoms with van der Waals surface area (Å²) < 4.78 is 0. The van der Waals surface area contributed by atoms with Gasteiger partial charge in [-0.2, -0.15) is 0 Å². The Morgan fingerprint density at radius 3 is 2.92 bits per heavy atom. The second-order valence-corrected chi connectivity index (χ2v) is 4.77. The Morgan fingerprint density at radius 1 is 1.54 bits per heavy atom. The number of nitrogens with zero attached hydrogens (tertiary/aromatic N) is 3. The van der Waals surface area contributed by atoms with E-state index in [4.69, 9.17) is 0 Å². The minimum atomic E-state index is 0.865. The number of hydrogen-bond acceptors (Lipinski definition) is 4. The van der Waals surface area contributed by atoms with Crippen LogP contribution in [0.2, 0.25) is 0 Å². The fourth-order valence-electron chi connectivity index (χ4n) is 1.75. The van der Waals surface area contributed by atoms with Crippen LogP contribution in [0, 0.1) is 12.8 Å². The Bertz CT molecular complexity index is 284. The highest BCUT2D eigenvalue weighted by Gasteiger charge is 2.23. The van der Waals surface area contributed by atoms with Crippen molar-refractivity contribution in [3.05, 3.63) is 5.01 Å². The smallest absolute Gasteiger partial charge is 0.208 e. The maximum Gasteiger partial charge on any atom is 0.208 e. The Hall–Kier alpha value is -0.640. The molecule has 0 bridgehead atoms. The Morgan fingerprint density at radius 2 is 2.38 bits per heavy atom. The second-order valence-electron chi connectivity index (χ2n) is 3.61. The third kappa shape index (κ3) is 1.82. The van der Waals surface area contributed by atoms with Gasteiger partial charge in [-0.3, -0.25) is 0 Å². The SMILES string of the molecule is CCC1CCN(c2nnc(C)s2)C1. The summed E-state index contributed by atoms with van der Waals surface area (Å²) >= 11 is 1.70. The molecule has 2 heterocycles. The molecule has 0 radical (unpaired) electrons. The van der Waals surface area contributed by atoms with Gasteiger partial charge in [-0.25, -0.2) is 0 Å². The lowest BCUT2D eigenvalue weighted by Gasteiger charge is -2.12. The van der Waals surface area contributed by atoms with Gasteiger partial charge in [-0.15, -0.1) is 10.2 Å². The minimum Gasteiger partial charge on any atom is -0.346 e. The normalized spacial score (nSPS) is 22.6. The average molecular weight is 197 g/mol. The zero-order valence-electron chi connectivity index (χ0n) is 8.16. The lowest BCUT2D eigenvalue weighted by molar-refractivity contribution is 0.569. The van der Waals surface area contributed by atoms with Crippen molar-refractivity contribution in [2.45, 2.75) is 26.7 Å². The molecule has 72 valence electrons. The number of rotatable bonds is 2. The zero-order chi connectivity index (χ0) is 9.26. The van der Waals surface area contributed by atoms with Crippen LogP contribution in [0.4, 0.5) is 5.13 Å². The predicted octanol–water partition coefficient (Wildman–Crippen LogP) is 2.08. The molecule has 0 aromatic carbocycles. The van der Waals surface area contributed by atoms with Crippen LogP contribution in [0.1, 0.15) is 24.8 Å². The molecule has 0 spiro atoms. The molecule has 1 unspecified atom stereocenters. The van der Waals surface area contributed by atoms with Crippen LogP contribution in [0.25, 0.3) is 0 Å². The fraction of sp³-hybridized carbons (Fsp3) is 0.778. The Kier molecular flexibility index (Phi) is 2.49. The van der Waals surface area contributed by atoms with Gasteiger partial charge in [0.2, 0.25) is 5.13 Å². The van der Waals surface area contributed by atoms with E-state index >= 15 is 0 Å². The van der Waals surface area contributed by atoms with E-state index in [1.807, 2.05) is 6.92 Å². The highest BCUT2D eigenvalue weighted by molar-refractivity contribution is 7.15. The molecule has 3 nitrogen and oxygen atoms in total. The second kappa shape index (κ2) is 3.62. The molecule has 0 aliphatic carbocycles. The molecule has 0 N–H and O–H groups in total. The number of anilines is 1. The van der Waals surface area contributed by atoms with Gasteiger partial charge in [0.15, 0.2) is 0 Å². The van der Waals surface area contributed by atoms with E-state index < -0.39 is 0 Å². The third-order valence-corrected chi connectivity index (χ3v) is 3.55. The van der Waals surface area contributed by atoms with Crippen molar-refractivity contribution in [2.24, 2.45) is 5.92 Å². The van der Waals surface area contributed by atoms with Gasteiger partial charge >= 0.3 is 0 Å². The van der Waals surface area contributed by atoms with Crippen molar-refractivity contribution in [3.8, 4) is 0 Å². The lowest BCUT2D eigenvalue weighted by Crippen LogP contribution is -2.19. The standard InChI is InChI=1S/C9H15N3S/c1-3-8-4-5-12(6-8)9-11-10-7(2)13-9/h8H,3-6H2,1-2H3. The van der Waals surface area contributed by atoms with Gasteiger partial charge in [-0.1, -0.05) is 24.7 Å². The first-order chi connectivity index (χ1) is 6.29. The van der Waals surface area contributed by atoms with Crippen LogP contribution < -0.4 is 4.90 Å². The Balaban J connectivity index is 2.03. The van der Waals surface area contributed by atoms with Gasteiger partial charge in [0.05, 0.1) is 0 Å². The van der Waals surface area contributed by atoms with E-state index in [9.17, 15) is 0 Å². The van der Waals surface area contributed by atoms with E-state index in [2.05, 4.69) is 22.0 Å². The van der Waals surface area contributed by atoms with E-state index in [-0.39, 0.29) is 0 Å². The van der Waals surface area contributed by atoms with E-state index in [0.29, 0.717) is 0 Å². The molecular formula is C9H15N3S. The van der Waals surface area contributed by atoms with Gasteiger partial charge < -0.3 is 4.90 Å². The predicted molar refractivity (Wildman–Crippen MR) is 55.3 cm³/mol. The molecule has 1 saturated heterocycles. The summed E-state index contributed by atoms with van der Waals surface area (Å²) in [7, 11) is 0. The summed E-state index contributed by atoms with van der Waals surface area (Å²) in [5.41, 5.74) is 0. The molecule has 0 saturated carbocycles. The zero-order valence-corrected chi connectivity index (χ0v) is 8.97. The number of aryl methyl sites for hydroxylation is 1. The summed E-state index contributed by atoms with van der Waals surface area (Å²) in [4.78, 5) is 2.36. The maximum absolute atomic E-state index is 4.16.